The van der Waals surface area contributed by atoms with Crippen LogP contribution in [0.3, 0.4) is 0 Å². The highest BCUT2D eigenvalue weighted by Gasteiger charge is 2.36. The van der Waals surface area contributed by atoms with Crippen LogP contribution in [0.5, 0.6) is 0 Å². The minimum absolute atomic E-state index is 0.0218. The Labute approximate surface area is 210 Å². The highest BCUT2D eigenvalue weighted by Crippen LogP contribution is 2.41. The second-order valence-corrected chi connectivity index (χ2v) is 8.62. The van der Waals surface area contributed by atoms with Crippen LogP contribution in [0.1, 0.15) is 43.4 Å². The zero-order valence-corrected chi connectivity index (χ0v) is 19.1. The Kier molecular flexibility index (Phi) is 5.95. The van der Waals surface area contributed by atoms with Crippen molar-refractivity contribution in [1.82, 2.24) is 15.5 Å². The molecule has 2 amide bonds. The zero-order chi connectivity index (χ0) is 26.5. The molecule has 0 bridgehead atoms. The first kappa shape index (κ1) is 24.4. The first-order valence-electron chi connectivity index (χ1n) is 10.6. The number of benzene rings is 3. The number of nitrogens with one attached hydrogen (secondary N) is 3. The van der Waals surface area contributed by atoms with Crippen molar-refractivity contribution in [3.05, 3.63) is 105 Å². The molecule has 12 heteroatoms. The van der Waals surface area contributed by atoms with E-state index in [2.05, 4.69) is 20.8 Å². The Bertz CT molecular complexity index is 1550. The van der Waals surface area contributed by atoms with E-state index in [0.717, 1.165) is 12.1 Å². The summed E-state index contributed by atoms with van der Waals surface area (Å²) in [6.07, 6.45) is -3.42. The fraction of sp³-hybridized carbons (Fsp3) is 0.0800. The third kappa shape index (κ3) is 4.65. The zero-order valence-electron chi connectivity index (χ0n) is 18.4. The third-order valence-electron chi connectivity index (χ3n) is 5.81. The first-order valence-corrected chi connectivity index (χ1v) is 11.0. The number of alkyl halides is 3. The highest BCUT2D eigenvalue weighted by atomic mass is 35.5. The number of H-pyrrole nitrogens is 1. The molecule has 1 aromatic heterocycles. The second kappa shape index (κ2) is 9.00. The van der Waals surface area contributed by atoms with Crippen LogP contribution in [0.15, 0.2) is 60.8 Å². The average Bonchev–Trinajstić information content (AvgIpc) is 3.48. The summed E-state index contributed by atoms with van der Waals surface area (Å²) >= 11 is 6.27. The number of fused-ring (bicyclic) bond motifs is 1. The standard InChI is InChI=1S/C25H14ClF5N4O2/c26-18-2-1-14(27)10-16(18)22-21-17(24(37)34-22)7-11(19-3-4-32-35-19)8-20(21)33-23(36)12-5-13(25(29,30)31)9-15(28)6-12/h1-10,22H,(H,32,35)(H,33,36)(H,34,37)/t22-/m1/s1. The van der Waals surface area contributed by atoms with Crippen LogP contribution >= 0.6 is 11.6 Å². The van der Waals surface area contributed by atoms with Crippen LogP contribution in [0.4, 0.5) is 27.6 Å². The molecule has 1 atom stereocenters. The van der Waals surface area contributed by atoms with E-state index in [9.17, 15) is 31.5 Å². The largest absolute Gasteiger partial charge is 0.416 e. The molecule has 3 N–H and O–H groups in total. The monoisotopic (exact) mass is 532 g/mol. The van der Waals surface area contributed by atoms with Crippen molar-refractivity contribution in [2.24, 2.45) is 0 Å². The number of carbonyl (C=O) groups excluding carboxylic acids is 2. The molecule has 0 radical (unpaired) electrons. The number of rotatable bonds is 4. The molecule has 0 saturated carbocycles. The van der Waals surface area contributed by atoms with E-state index in [1.165, 1.54) is 24.4 Å². The van der Waals surface area contributed by atoms with Gasteiger partial charge in [-0.3, -0.25) is 14.7 Å². The van der Waals surface area contributed by atoms with Crippen molar-refractivity contribution in [1.29, 1.82) is 0 Å². The summed E-state index contributed by atoms with van der Waals surface area (Å²) in [4.78, 5) is 25.9. The normalized spacial score (nSPS) is 14.9. The van der Waals surface area contributed by atoms with Crippen LogP contribution in [0.2, 0.25) is 5.02 Å². The highest BCUT2D eigenvalue weighted by molar-refractivity contribution is 6.31. The molecule has 0 saturated heterocycles. The van der Waals surface area contributed by atoms with Crippen LogP contribution in [0.25, 0.3) is 11.3 Å². The summed E-state index contributed by atoms with van der Waals surface area (Å²) in [5.41, 5.74) is -0.492. The van der Waals surface area contributed by atoms with Gasteiger partial charge in [0.05, 0.1) is 17.3 Å². The molecule has 37 heavy (non-hydrogen) atoms. The molecule has 5 rings (SSSR count). The smallest absolute Gasteiger partial charge is 0.341 e. The third-order valence-corrected chi connectivity index (χ3v) is 6.15. The Morgan fingerprint density at radius 2 is 1.78 bits per heavy atom. The molecule has 0 unspecified atom stereocenters. The van der Waals surface area contributed by atoms with Crippen molar-refractivity contribution in [2.45, 2.75) is 12.2 Å². The maximum absolute atomic E-state index is 14.0. The van der Waals surface area contributed by atoms with Gasteiger partial charge in [-0.1, -0.05) is 11.6 Å². The van der Waals surface area contributed by atoms with E-state index < -0.39 is 46.8 Å². The van der Waals surface area contributed by atoms with E-state index >= 15 is 0 Å². The number of nitrogens with zero attached hydrogens (tertiary/aromatic N) is 1. The molecule has 1 aliphatic heterocycles. The summed E-state index contributed by atoms with van der Waals surface area (Å²) < 4.78 is 67.5. The van der Waals surface area contributed by atoms with Gasteiger partial charge < -0.3 is 10.6 Å². The molecular formula is C25H14ClF5N4O2. The van der Waals surface area contributed by atoms with E-state index in [1.807, 2.05) is 0 Å². The molecule has 4 aromatic rings. The van der Waals surface area contributed by atoms with Gasteiger partial charge in [0.1, 0.15) is 11.6 Å². The SMILES string of the molecule is O=C(Nc1cc(-c2ccn[nH]2)cc2c1[C@@H](c1cc(F)ccc1Cl)NC2=O)c1cc(F)cc(C(F)(F)F)c1. The lowest BCUT2D eigenvalue weighted by Gasteiger charge is -2.19. The minimum Gasteiger partial charge on any atom is -0.341 e. The van der Waals surface area contributed by atoms with E-state index in [-0.39, 0.29) is 33.5 Å². The number of halogens is 6. The first-order chi connectivity index (χ1) is 17.5. The van der Waals surface area contributed by atoms with Gasteiger partial charge >= 0.3 is 6.18 Å². The summed E-state index contributed by atoms with van der Waals surface area (Å²) in [5, 5.41) is 11.9. The van der Waals surface area contributed by atoms with Crippen molar-refractivity contribution >= 4 is 29.1 Å². The summed E-state index contributed by atoms with van der Waals surface area (Å²) in [7, 11) is 0. The van der Waals surface area contributed by atoms with Crippen molar-refractivity contribution in [3.8, 4) is 11.3 Å². The van der Waals surface area contributed by atoms with E-state index in [0.29, 0.717) is 23.4 Å². The average molecular weight is 533 g/mol. The summed E-state index contributed by atoms with van der Waals surface area (Å²) in [5.74, 6) is -3.49. The van der Waals surface area contributed by atoms with Gasteiger partial charge in [0, 0.05) is 44.7 Å². The lowest BCUT2D eigenvalue weighted by molar-refractivity contribution is -0.137. The molecule has 1 aliphatic rings. The van der Waals surface area contributed by atoms with Crippen LogP contribution < -0.4 is 10.6 Å². The van der Waals surface area contributed by atoms with Gasteiger partial charge in [-0.25, -0.2) is 8.78 Å². The number of carbonyl (C=O) groups is 2. The van der Waals surface area contributed by atoms with Gasteiger partial charge in [0.15, 0.2) is 0 Å². The number of aromatic amines is 1. The molecular weight excluding hydrogens is 519 g/mol. The van der Waals surface area contributed by atoms with Crippen molar-refractivity contribution in [2.75, 3.05) is 5.32 Å². The fourth-order valence-electron chi connectivity index (χ4n) is 4.16. The lowest BCUT2D eigenvalue weighted by Crippen LogP contribution is -2.21. The Balaban J connectivity index is 1.65. The van der Waals surface area contributed by atoms with Gasteiger partial charge in [0.2, 0.25) is 0 Å². The number of aromatic nitrogens is 2. The molecule has 188 valence electrons. The fourth-order valence-corrected chi connectivity index (χ4v) is 4.38. The Morgan fingerprint density at radius 1 is 1.00 bits per heavy atom. The topological polar surface area (TPSA) is 86.9 Å². The van der Waals surface area contributed by atoms with Crippen LogP contribution in [-0.2, 0) is 6.18 Å². The van der Waals surface area contributed by atoms with Gasteiger partial charge in [-0.2, -0.15) is 18.3 Å². The van der Waals surface area contributed by atoms with Gasteiger partial charge in [-0.15, -0.1) is 0 Å². The number of anilines is 1. The van der Waals surface area contributed by atoms with Crippen molar-refractivity contribution < 1.29 is 31.5 Å². The van der Waals surface area contributed by atoms with Crippen molar-refractivity contribution in [3.63, 3.8) is 0 Å². The minimum atomic E-state index is -4.88. The summed E-state index contributed by atoms with van der Waals surface area (Å²) in [6, 6.07) is 8.61. The predicted octanol–water partition coefficient (Wildman–Crippen LogP) is 6.11. The lowest BCUT2D eigenvalue weighted by atomic mass is 9.93. The van der Waals surface area contributed by atoms with Crippen LogP contribution in [0, 0.1) is 11.6 Å². The summed E-state index contributed by atoms with van der Waals surface area (Å²) in [6.45, 7) is 0. The molecule has 2 heterocycles. The molecule has 0 spiro atoms. The Morgan fingerprint density at radius 3 is 2.49 bits per heavy atom. The molecule has 6 nitrogen and oxygen atoms in total. The number of hydrogen-bond donors (Lipinski definition) is 3. The quantitative estimate of drug-likeness (QED) is 0.277. The van der Waals surface area contributed by atoms with Gasteiger partial charge in [0.25, 0.3) is 11.8 Å². The molecule has 0 fully saturated rings. The van der Waals surface area contributed by atoms with Gasteiger partial charge in [-0.05, 0) is 54.6 Å². The number of amides is 2. The maximum Gasteiger partial charge on any atom is 0.416 e. The molecule has 3 aromatic carbocycles. The number of hydrogen-bond acceptors (Lipinski definition) is 3. The Hall–Kier alpha value is -4.25. The van der Waals surface area contributed by atoms with E-state index in [4.69, 9.17) is 11.6 Å². The molecule has 0 aliphatic carbocycles. The van der Waals surface area contributed by atoms with E-state index in [1.54, 1.807) is 6.07 Å². The second-order valence-electron chi connectivity index (χ2n) is 8.21. The van der Waals surface area contributed by atoms with Crippen LogP contribution in [-0.4, -0.2) is 22.0 Å². The predicted molar refractivity (Wildman–Crippen MR) is 124 cm³/mol. The maximum atomic E-state index is 14.0.